The summed E-state index contributed by atoms with van der Waals surface area (Å²) < 4.78 is 0. The number of hydrogen-bond donors (Lipinski definition) is 0. The topological polar surface area (TPSA) is 17.1 Å². The van der Waals surface area contributed by atoms with Gasteiger partial charge in [-0.1, -0.05) is 12.2 Å². The van der Waals surface area contributed by atoms with E-state index in [0.717, 1.165) is 0 Å². The number of hydrogen-bond acceptors (Lipinski definition) is 2. The average molecular weight is 154 g/mol. The van der Waals surface area contributed by atoms with Crippen LogP contribution in [0.4, 0.5) is 0 Å². The van der Waals surface area contributed by atoms with Gasteiger partial charge in [-0.05, 0) is 19.3 Å². The van der Waals surface area contributed by atoms with Crippen LogP contribution in [0.25, 0.3) is 0 Å². The van der Waals surface area contributed by atoms with E-state index >= 15 is 0 Å². The molecule has 0 aromatic heterocycles. The molecule has 1 aliphatic carbocycles. The van der Waals surface area contributed by atoms with Gasteiger partial charge in [0.1, 0.15) is 5.78 Å². The van der Waals surface area contributed by atoms with E-state index in [1.165, 1.54) is 6.42 Å². The maximum absolute atomic E-state index is 11.0. The van der Waals surface area contributed by atoms with Crippen molar-refractivity contribution in [3.8, 4) is 0 Å². The van der Waals surface area contributed by atoms with E-state index in [0.29, 0.717) is 17.0 Å². The van der Waals surface area contributed by atoms with E-state index in [1.54, 1.807) is 6.92 Å². The molecule has 2 aliphatic rings. The number of rotatable bonds is 1. The molecule has 1 aliphatic heterocycles. The molecular formula is C8H10OS. The van der Waals surface area contributed by atoms with Gasteiger partial charge in [0.2, 0.25) is 0 Å². The second kappa shape index (κ2) is 2.12. The van der Waals surface area contributed by atoms with Crippen molar-refractivity contribution in [3.63, 3.8) is 0 Å². The van der Waals surface area contributed by atoms with Crippen molar-refractivity contribution in [2.45, 2.75) is 23.8 Å². The summed E-state index contributed by atoms with van der Waals surface area (Å²) in [5.74, 6) is 0.911. The summed E-state index contributed by atoms with van der Waals surface area (Å²) in [6.07, 6.45) is 5.64. The van der Waals surface area contributed by atoms with Crippen molar-refractivity contribution >= 4 is 17.5 Å². The van der Waals surface area contributed by atoms with Gasteiger partial charge in [0.25, 0.3) is 0 Å². The van der Waals surface area contributed by atoms with Crippen LogP contribution in [0.1, 0.15) is 13.3 Å². The fourth-order valence-electron chi connectivity index (χ4n) is 1.70. The van der Waals surface area contributed by atoms with Crippen molar-refractivity contribution in [3.05, 3.63) is 12.2 Å². The van der Waals surface area contributed by atoms with Gasteiger partial charge >= 0.3 is 0 Å². The van der Waals surface area contributed by atoms with E-state index in [2.05, 4.69) is 12.2 Å². The van der Waals surface area contributed by atoms with Crippen LogP contribution in [0.2, 0.25) is 0 Å². The Hall–Kier alpha value is -0.240. The Bertz CT molecular complexity index is 197. The number of carbonyl (C=O) groups is 1. The predicted octanol–water partition coefficient (Wildman–Crippen LogP) is 1.64. The van der Waals surface area contributed by atoms with Crippen molar-refractivity contribution < 1.29 is 4.79 Å². The summed E-state index contributed by atoms with van der Waals surface area (Å²) in [4.78, 5) is 11.0. The van der Waals surface area contributed by atoms with Gasteiger partial charge in [0.15, 0.2) is 0 Å². The standard InChI is InChI=1S/C8H10OS/c1-5(9)8-6-2-3-7(4-6)10-8/h2-3,6-8H,4H2,1H3/t6-,7+,8-/m0/s1. The van der Waals surface area contributed by atoms with Crippen LogP contribution in [0.15, 0.2) is 12.2 Å². The third-order valence-corrected chi connectivity index (χ3v) is 3.86. The minimum absolute atomic E-state index is 0.287. The first-order chi connectivity index (χ1) is 4.77. The lowest BCUT2D eigenvalue weighted by Gasteiger charge is -2.12. The van der Waals surface area contributed by atoms with Crippen molar-refractivity contribution in [1.29, 1.82) is 0 Å². The summed E-state index contributed by atoms with van der Waals surface area (Å²) in [7, 11) is 0. The van der Waals surface area contributed by atoms with Crippen LogP contribution in [-0.4, -0.2) is 16.3 Å². The lowest BCUT2D eigenvalue weighted by atomic mass is 10.0. The third kappa shape index (κ3) is 0.823. The quantitative estimate of drug-likeness (QED) is 0.534. The predicted molar refractivity (Wildman–Crippen MR) is 43.1 cm³/mol. The highest BCUT2D eigenvalue weighted by molar-refractivity contribution is 8.01. The molecular weight excluding hydrogens is 144 g/mol. The van der Waals surface area contributed by atoms with Crippen LogP contribution >= 0.6 is 11.8 Å². The van der Waals surface area contributed by atoms with E-state index in [1.807, 2.05) is 11.8 Å². The fourth-order valence-corrected chi connectivity index (χ4v) is 3.19. The zero-order chi connectivity index (χ0) is 7.14. The molecule has 54 valence electrons. The molecule has 0 aromatic rings. The maximum atomic E-state index is 11.0. The second-order valence-electron chi connectivity index (χ2n) is 2.99. The molecule has 1 saturated heterocycles. The first-order valence-corrected chi connectivity index (χ1v) is 4.56. The smallest absolute Gasteiger partial charge is 0.143 e. The molecule has 1 fully saturated rings. The molecule has 0 N–H and O–H groups in total. The number of fused-ring (bicyclic) bond motifs is 2. The molecule has 0 unspecified atom stereocenters. The number of ketones is 1. The molecule has 0 amide bonds. The zero-order valence-electron chi connectivity index (χ0n) is 5.91. The fraction of sp³-hybridized carbons (Fsp3) is 0.625. The summed E-state index contributed by atoms with van der Waals surface area (Å²) in [5, 5.41) is 0.939. The molecule has 2 bridgehead atoms. The van der Waals surface area contributed by atoms with Crippen molar-refractivity contribution in [2.24, 2.45) is 5.92 Å². The van der Waals surface area contributed by atoms with Crippen LogP contribution in [0, 0.1) is 5.92 Å². The molecule has 0 spiro atoms. The molecule has 2 rings (SSSR count). The summed E-state index contributed by atoms with van der Waals surface area (Å²) >= 11 is 1.83. The molecule has 0 saturated carbocycles. The van der Waals surface area contributed by atoms with Gasteiger partial charge < -0.3 is 0 Å². The van der Waals surface area contributed by atoms with E-state index < -0.39 is 0 Å². The van der Waals surface area contributed by atoms with Crippen LogP contribution in [-0.2, 0) is 4.79 Å². The van der Waals surface area contributed by atoms with E-state index in [-0.39, 0.29) is 5.25 Å². The Kier molecular flexibility index (Phi) is 1.37. The Morgan fingerprint density at radius 3 is 2.70 bits per heavy atom. The highest BCUT2D eigenvalue weighted by Crippen LogP contribution is 2.44. The van der Waals surface area contributed by atoms with Crippen LogP contribution < -0.4 is 0 Å². The van der Waals surface area contributed by atoms with Crippen molar-refractivity contribution in [1.82, 2.24) is 0 Å². The molecule has 0 aromatic carbocycles. The SMILES string of the molecule is CC(=O)[C@@H]1S[C@@H]2C=C[C@H]1C2. The van der Waals surface area contributed by atoms with Crippen molar-refractivity contribution in [2.75, 3.05) is 0 Å². The van der Waals surface area contributed by atoms with Gasteiger partial charge in [-0.15, -0.1) is 11.8 Å². The number of carbonyl (C=O) groups excluding carboxylic acids is 1. The summed E-state index contributed by atoms with van der Waals surface area (Å²) in [6, 6.07) is 0. The number of allylic oxidation sites excluding steroid dienone is 1. The Morgan fingerprint density at radius 2 is 2.40 bits per heavy atom. The van der Waals surface area contributed by atoms with Crippen LogP contribution in [0.5, 0.6) is 0 Å². The molecule has 0 radical (unpaired) electrons. The van der Waals surface area contributed by atoms with E-state index in [9.17, 15) is 4.79 Å². The second-order valence-corrected chi connectivity index (χ2v) is 4.38. The number of thioether (sulfide) groups is 1. The van der Waals surface area contributed by atoms with Gasteiger partial charge in [-0.2, -0.15) is 0 Å². The zero-order valence-corrected chi connectivity index (χ0v) is 6.73. The molecule has 10 heavy (non-hydrogen) atoms. The highest BCUT2D eigenvalue weighted by Gasteiger charge is 2.38. The van der Waals surface area contributed by atoms with Gasteiger partial charge in [-0.3, -0.25) is 4.79 Å². The largest absolute Gasteiger partial charge is 0.299 e. The maximum Gasteiger partial charge on any atom is 0.143 e. The molecule has 3 atom stereocenters. The third-order valence-electron chi connectivity index (χ3n) is 2.19. The minimum Gasteiger partial charge on any atom is -0.299 e. The Morgan fingerprint density at radius 1 is 1.60 bits per heavy atom. The summed E-state index contributed by atoms with van der Waals surface area (Å²) in [6.45, 7) is 1.70. The normalized spacial score (nSPS) is 42.7. The van der Waals surface area contributed by atoms with Crippen LogP contribution in [0.3, 0.4) is 0 Å². The molecule has 2 heteroatoms. The number of Topliss-reactive ketones (excluding diaryl/α,β-unsaturated/α-hetero) is 1. The Balaban J connectivity index is 2.16. The highest BCUT2D eigenvalue weighted by atomic mass is 32.2. The Labute approximate surface area is 64.9 Å². The monoisotopic (exact) mass is 154 g/mol. The average Bonchev–Trinajstić information content (AvgIpc) is 2.44. The summed E-state index contributed by atoms with van der Waals surface area (Å²) in [5.41, 5.74) is 0. The lowest BCUT2D eigenvalue weighted by molar-refractivity contribution is -0.116. The lowest BCUT2D eigenvalue weighted by Crippen LogP contribution is -2.18. The van der Waals surface area contributed by atoms with Gasteiger partial charge in [0, 0.05) is 5.25 Å². The van der Waals surface area contributed by atoms with E-state index in [4.69, 9.17) is 0 Å². The van der Waals surface area contributed by atoms with Gasteiger partial charge in [-0.25, -0.2) is 0 Å². The van der Waals surface area contributed by atoms with Gasteiger partial charge in [0.05, 0.1) is 5.25 Å². The first-order valence-electron chi connectivity index (χ1n) is 3.61. The molecule has 1 nitrogen and oxygen atoms in total. The first kappa shape index (κ1) is 6.47. The molecule has 1 heterocycles. The minimum atomic E-state index is 0.287.